The Morgan fingerprint density at radius 1 is 1.20 bits per heavy atom. The molecule has 20 heavy (non-hydrogen) atoms. The zero-order valence-electron chi connectivity index (χ0n) is 11.9. The number of nitrogens with one attached hydrogen (secondary N) is 1. The van der Waals surface area contributed by atoms with Gasteiger partial charge in [0.15, 0.2) is 0 Å². The molecule has 0 heterocycles. The number of aliphatic hydroxyl groups is 1. The van der Waals surface area contributed by atoms with Crippen molar-refractivity contribution in [2.24, 2.45) is 0 Å². The van der Waals surface area contributed by atoms with Crippen molar-refractivity contribution in [3.05, 3.63) is 70.5 Å². The molecule has 0 fully saturated rings. The number of hydrogen-bond donors (Lipinski definition) is 2. The molecule has 3 heteroatoms. The third-order valence-corrected chi connectivity index (χ3v) is 3.43. The molecular weight excluding hydrogens is 253 g/mol. The number of rotatable bonds is 5. The first-order valence-corrected chi connectivity index (χ1v) is 6.78. The molecule has 2 nitrogen and oxygen atoms in total. The summed E-state index contributed by atoms with van der Waals surface area (Å²) in [6, 6.07) is 13.4. The lowest BCUT2D eigenvalue weighted by Crippen LogP contribution is -2.18. The summed E-state index contributed by atoms with van der Waals surface area (Å²) in [5, 5.41) is 12.5. The second-order valence-electron chi connectivity index (χ2n) is 5.10. The van der Waals surface area contributed by atoms with Gasteiger partial charge in [-0.15, -0.1) is 0 Å². The van der Waals surface area contributed by atoms with E-state index in [0.29, 0.717) is 12.1 Å². The van der Waals surface area contributed by atoms with E-state index in [0.717, 1.165) is 5.56 Å². The fraction of sp³-hybridized carbons (Fsp3) is 0.294. The predicted octanol–water partition coefficient (Wildman–Crippen LogP) is 3.48. The molecule has 0 bridgehead atoms. The molecule has 0 saturated heterocycles. The largest absolute Gasteiger partial charge is 0.392 e. The first-order chi connectivity index (χ1) is 9.60. The van der Waals surface area contributed by atoms with E-state index < -0.39 is 0 Å². The second kappa shape index (κ2) is 6.64. The molecule has 1 unspecified atom stereocenters. The van der Waals surface area contributed by atoms with Crippen molar-refractivity contribution in [2.75, 3.05) is 0 Å². The molecule has 0 aliphatic heterocycles. The van der Waals surface area contributed by atoms with Crippen LogP contribution in [0, 0.1) is 12.7 Å². The van der Waals surface area contributed by atoms with Gasteiger partial charge >= 0.3 is 0 Å². The van der Waals surface area contributed by atoms with Crippen LogP contribution in [0.1, 0.15) is 35.2 Å². The van der Waals surface area contributed by atoms with Gasteiger partial charge in [0.25, 0.3) is 0 Å². The third-order valence-electron chi connectivity index (χ3n) is 3.43. The highest BCUT2D eigenvalue weighted by atomic mass is 19.1. The van der Waals surface area contributed by atoms with Crippen LogP contribution in [0.5, 0.6) is 0 Å². The normalized spacial score (nSPS) is 12.4. The summed E-state index contributed by atoms with van der Waals surface area (Å²) < 4.78 is 13.3. The Morgan fingerprint density at radius 3 is 2.70 bits per heavy atom. The van der Waals surface area contributed by atoms with Crippen LogP contribution in [-0.2, 0) is 13.2 Å². The van der Waals surface area contributed by atoms with Crippen molar-refractivity contribution in [1.29, 1.82) is 0 Å². The molecule has 0 aliphatic rings. The molecule has 1 atom stereocenters. The average molecular weight is 273 g/mol. The van der Waals surface area contributed by atoms with Crippen LogP contribution in [-0.4, -0.2) is 5.11 Å². The zero-order valence-corrected chi connectivity index (χ0v) is 11.9. The summed E-state index contributed by atoms with van der Waals surface area (Å²) in [4.78, 5) is 0. The van der Waals surface area contributed by atoms with Gasteiger partial charge in [-0.3, -0.25) is 0 Å². The van der Waals surface area contributed by atoms with Gasteiger partial charge in [-0.2, -0.15) is 0 Å². The smallest absolute Gasteiger partial charge is 0.128 e. The quantitative estimate of drug-likeness (QED) is 0.874. The fourth-order valence-electron chi connectivity index (χ4n) is 2.19. The minimum atomic E-state index is -0.358. The number of benzene rings is 2. The highest BCUT2D eigenvalue weighted by Gasteiger charge is 2.06. The van der Waals surface area contributed by atoms with Crippen LogP contribution < -0.4 is 5.32 Å². The maximum atomic E-state index is 13.3. The summed E-state index contributed by atoms with van der Waals surface area (Å²) >= 11 is 0. The molecule has 0 amide bonds. The summed E-state index contributed by atoms with van der Waals surface area (Å²) in [6.45, 7) is 4.55. The van der Waals surface area contributed by atoms with Crippen LogP contribution in [0.2, 0.25) is 0 Å². The summed E-state index contributed by atoms with van der Waals surface area (Å²) in [5.74, 6) is -0.358. The van der Waals surface area contributed by atoms with E-state index in [9.17, 15) is 4.39 Å². The highest BCUT2D eigenvalue weighted by molar-refractivity contribution is 5.26. The Bertz CT molecular complexity index is 583. The highest BCUT2D eigenvalue weighted by Crippen LogP contribution is 2.16. The second-order valence-corrected chi connectivity index (χ2v) is 5.10. The van der Waals surface area contributed by atoms with Gasteiger partial charge in [0.1, 0.15) is 5.82 Å². The van der Waals surface area contributed by atoms with E-state index in [1.54, 1.807) is 12.1 Å². The van der Waals surface area contributed by atoms with Crippen LogP contribution in [0.3, 0.4) is 0 Å². The number of aryl methyl sites for hydroxylation is 1. The predicted molar refractivity (Wildman–Crippen MR) is 78.8 cm³/mol. The van der Waals surface area contributed by atoms with Crippen LogP contribution >= 0.6 is 0 Å². The van der Waals surface area contributed by atoms with Crippen LogP contribution in [0.25, 0.3) is 0 Å². The molecule has 0 spiro atoms. The van der Waals surface area contributed by atoms with Crippen molar-refractivity contribution < 1.29 is 9.50 Å². The minimum Gasteiger partial charge on any atom is -0.392 e. The summed E-state index contributed by atoms with van der Waals surface area (Å²) in [6.07, 6.45) is 0. The van der Waals surface area contributed by atoms with E-state index in [4.69, 9.17) is 5.11 Å². The van der Waals surface area contributed by atoms with Crippen LogP contribution in [0.4, 0.5) is 4.39 Å². The first kappa shape index (κ1) is 14.7. The van der Waals surface area contributed by atoms with E-state index in [1.807, 2.05) is 6.07 Å². The molecule has 2 aromatic carbocycles. The first-order valence-electron chi connectivity index (χ1n) is 6.78. The monoisotopic (exact) mass is 273 g/mol. The number of halogens is 1. The van der Waals surface area contributed by atoms with Gasteiger partial charge in [0, 0.05) is 18.2 Å². The standard InChI is InChI=1S/C17H20FNO/c1-12-4-3-5-15(8-12)13(2)19-10-14-6-7-17(18)16(9-14)11-20/h3-9,13,19-20H,10-11H2,1-2H3. The van der Waals surface area contributed by atoms with Gasteiger partial charge in [-0.25, -0.2) is 4.39 Å². The van der Waals surface area contributed by atoms with Gasteiger partial charge in [0.2, 0.25) is 0 Å². The van der Waals surface area contributed by atoms with Crippen molar-refractivity contribution in [3.8, 4) is 0 Å². The van der Waals surface area contributed by atoms with E-state index in [1.165, 1.54) is 17.2 Å². The number of hydrogen-bond acceptors (Lipinski definition) is 2. The average Bonchev–Trinajstić information content (AvgIpc) is 2.46. The molecule has 2 rings (SSSR count). The Kier molecular flexibility index (Phi) is 4.88. The lowest BCUT2D eigenvalue weighted by Gasteiger charge is -2.15. The Balaban J connectivity index is 2.01. The van der Waals surface area contributed by atoms with Crippen molar-refractivity contribution in [3.63, 3.8) is 0 Å². The van der Waals surface area contributed by atoms with Crippen molar-refractivity contribution in [1.82, 2.24) is 5.32 Å². The molecule has 0 aromatic heterocycles. The van der Waals surface area contributed by atoms with E-state index in [2.05, 4.69) is 37.4 Å². The van der Waals surface area contributed by atoms with Gasteiger partial charge in [-0.05, 0) is 37.1 Å². The molecule has 0 radical (unpaired) electrons. The zero-order chi connectivity index (χ0) is 14.5. The Labute approximate surface area is 119 Å². The Hall–Kier alpha value is -1.71. The molecule has 0 aliphatic carbocycles. The molecular formula is C17H20FNO. The molecule has 106 valence electrons. The maximum absolute atomic E-state index is 13.3. The maximum Gasteiger partial charge on any atom is 0.128 e. The van der Waals surface area contributed by atoms with Gasteiger partial charge < -0.3 is 10.4 Å². The van der Waals surface area contributed by atoms with Gasteiger partial charge in [0.05, 0.1) is 6.61 Å². The third kappa shape index (κ3) is 3.65. The summed E-state index contributed by atoms with van der Waals surface area (Å²) in [7, 11) is 0. The topological polar surface area (TPSA) is 32.3 Å². The van der Waals surface area contributed by atoms with Crippen LogP contribution in [0.15, 0.2) is 42.5 Å². The fourth-order valence-corrected chi connectivity index (χ4v) is 2.19. The van der Waals surface area contributed by atoms with Crippen molar-refractivity contribution >= 4 is 0 Å². The summed E-state index contributed by atoms with van der Waals surface area (Å²) in [5.41, 5.74) is 3.78. The molecule has 2 aromatic rings. The molecule has 0 saturated carbocycles. The van der Waals surface area contributed by atoms with Gasteiger partial charge in [-0.1, -0.05) is 35.9 Å². The van der Waals surface area contributed by atoms with E-state index >= 15 is 0 Å². The lowest BCUT2D eigenvalue weighted by atomic mass is 10.1. The van der Waals surface area contributed by atoms with Crippen molar-refractivity contribution in [2.45, 2.75) is 33.0 Å². The molecule has 2 N–H and O–H groups in total. The lowest BCUT2D eigenvalue weighted by molar-refractivity contribution is 0.275. The minimum absolute atomic E-state index is 0.220. The SMILES string of the molecule is Cc1cccc(C(C)NCc2ccc(F)c(CO)c2)c1. The Morgan fingerprint density at radius 2 is 2.00 bits per heavy atom. The van der Waals surface area contributed by atoms with E-state index in [-0.39, 0.29) is 18.5 Å². The number of aliphatic hydroxyl groups excluding tert-OH is 1.